The average Bonchev–Trinajstić information content (AvgIpc) is 2.26. The van der Waals surface area contributed by atoms with Gasteiger partial charge in [-0.05, 0) is 24.7 Å². The minimum atomic E-state index is -3.78. The number of carbonyl (C=O) groups is 1. The van der Waals surface area contributed by atoms with E-state index in [-0.39, 0.29) is 6.54 Å². The first-order valence-electron chi connectivity index (χ1n) is 4.40. The summed E-state index contributed by atoms with van der Waals surface area (Å²) in [6.45, 7) is 0.153. The molecule has 2 N–H and O–H groups in total. The molecule has 16 heavy (non-hydrogen) atoms. The number of hydrogen-bond donors (Lipinski definition) is 2. The lowest BCUT2D eigenvalue weighted by molar-refractivity contribution is -0.109. The van der Waals surface area contributed by atoms with Gasteiger partial charge >= 0.3 is 0 Å². The van der Waals surface area contributed by atoms with Crippen molar-refractivity contribution in [2.24, 2.45) is 0 Å². The van der Waals surface area contributed by atoms with E-state index < -0.39 is 20.7 Å². The Kier molecular flexibility index (Phi) is 3.97. The summed E-state index contributed by atoms with van der Waals surface area (Å²) >= 11 is 0. The SMILES string of the molecule is CNS(=O)(=O)c1ccc(CNC=O)cc1F. The van der Waals surface area contributed by atoms with Crippen LogP contribution in [-0.4, -0.2) is 21.9 Å². The third kappa shape index (κ3) is 2.77. The monoisotopic (exact) mass is 246 g/mol. The third-order valence-corrected chi connectivity index (χ3v) is 3.39. The average molecular weight is 246 g/mol. The largest absolute Gasteiger partial charge is 0.355 e. The number of sulfonamides is 1. The summed E-state index contributed by atoms with van der Waals surface area (Å²) in [5.74, 6) is -0.848. The van der Waals surface area contributed by atoms with E-state index in [1.165, 1.54) is 13.1 Å². The molecule has 0 heterocycles. The van der Waals surface area contributed by atoms with Crippen LogP contribution in [0.15, 0.2) is 23.1 Å². The van der Waals surface area contributed by atoms with Crippen LogP contribution in [0.2, 0.25) is 0 Å². The van der Waals surface area contributed by atoms with Gasteiger partial charge < -0.3 is 5.32 Å². The maximum Gasteiger partial charge on any atom is 0.243 e. The molecule has 0 aromatic heterocycles. The van der Waals surface area contributed by atoms with Crippen LogP contribution in [0.5, 0.6) is 0 Å². The molecule has 0 atom stereocenters. The van der Waals surface area contributed by atoms with Crippen LogP contribution < -0.4 is 10.0 Å². The molecule has 1 aromatic rings. The Morgan fingerprint density at radius 1 is 1.44 bits per heavy atom. The molecule has 0 spiro atoms. The number of halogens is 1. The number of nitrogens with one attached hydrogen (secondary N) is 2. The third-order valence-electron chi connectivity index (χ3n) is 1.94. The minimum absolute atomic E-state index is 0.153. The molecule has 0 unspecified atom stereocenters. The van der Waals surface area contributed by atoms with Crippen molar-refractivity contribution in [3.05, 3.63) is 29.6 Å². The zero-order chi connectivity index (χ0) is 12.2. The van der Waals surface area contributed by atoms with E-state index in [4.69, 9.17) is 0 Å². The second kappa shape index (κ2) is 5.04. The normalized spacial score (nSPS) is 11.1. The predicted molar refractivity (Wildman–Crippen MR) is 55.5 cm³/mol. The molecule has 0 aliphatic heterocycles. The summed E-state index contributed by atoms with van der Waals surface area (Å²) in [7, 11) is -2.58. The molecule has 0 fully saturated rings. The van der Waals surface area contributed by atoms with Gasteiger partial charge in [0.25, 0.3) is 0 Å². The number of amides is 1. The van der Waals surface area contributed by atoms with Gasteiger partial charge in [0.1, 0.15) is 10.7 Å². The summed E-state index contributed by atoms with van der Waals surface area (Å²) in [5.41, 5.74) is 0.486. The van der Waals surface area contributed by atoms with Crippen molar-refractivity contribution in [3.8, 4) is 0 Å². The van der Waals surface area contributed by atoms with Gasteiger partial charge in [-0.15, -0.1) is 0 Å². The van der Waals surface area contributed by atoms with E-state index in [0.717, 1.165) is 12.1 Å². The Balaban J connectivity index is 3.05. The summed E-state index contributed by atoms with van der Waals surface area (Å²) in [6, 6.07) is 3.66. The van der Waals surface area contributed by atoms with Crippen LogP contribution in [0.4, 0.5) is 4.39 Å². The van der Waals surface area contributed by atoms with Gasteiger partial charge in [0.15, 0.2) is 0 Å². The molecule has 88 valence electrons. The van der Waals surface area contributed by atoms with Crippen molar-refractivity contribution < 1.29 is 17.6 Å². The molecule has 1 aromatic carbocycles. The first-order chi connectivity index (χ1) is 7.51. The number of carbonyl (C=O) groups excluding carboxylic acids is 1. The number of hydrogen-bond acceptors (Lipinski definition) is 3. The zero-order valence-electron chi connectivity index (χ0n) is 8.53. The summed E-state index contributed by atoms with van der Waals surface area (Å²) in [6.07, 6.45) is 0.482. The highest BCUT2D eigenvalue weighted by molar-refractivity contribution is 7.89. The molecule has 0 bridgehead atoms. The van der Waals surface area contributed by atoms with Gasteiger partial charge in [0, 0.05) is 6.54 Å². The molecule has 0 radical (unpaired) electrons. The van der Waals surface area contributed by atoms with Crippen LogP contribution in [0.1, 0.15) is 5.56 Å². The van der Waals surface area contributed by atoms with Crippen LogP contribution in [0, 0.1) is 5.82 Å². The maximum atomic E-state index is 13.4. The standard InChI is InChI=1S/C9H11FN2O3S/c1-11-16(14,15)9-3-2-7(4-8(9)10)5-12-6-13/h2-4,6,11H,5H2,1H3,(H,12,13). The second-order valence-corrected chi connectivity index (χ2v) is 4.83. The second-order valence-electron chi connectivity index (χ2n) is 2.97. The Morgan fingerprint density at radius 2 is 2.12 bits per heavy atom. The first kappa shape index (κ1) is 12.6. The lowest BCUT2D eigenvalue weighted by Crippen LogP contribution is -2.20. The van der Waals surface area contributed by atoms with Gasteiger partial charge in [0.2, 0.25) is 16.4 Å². The lowest BCUT2D eigenvalue weighted by atomic mass is 10.2. The van der Waals surface area contributed by atoms with E-state index in [1.54, 1.807) is 0 Å². The first-order valence-corrected chi connectivity index (χ1v) is 5.88. The van der Waals surface area contributed by atoms with Crippen LogP contribution in [-0.2, 0) is 21.4 Å². The quantitative estimate of drug-likeness (QED) is 0.717. The molecule has 0 aliphatic carbocycles. The smallest absolute Gasteiger partial charge is 0.243 e. The molecule has 7 heteroatoms. The summed E-state index contributed by atoms with van der Waals surface area (Å²) < 4.78 is 38.1. The van der Waals surface area contributed by atoms with Gasteiger partial charge in [-0.25, -0.2) is 17.5 Å². The molecule has 5 nitrogen and oxygen atoms in total. The summed E-state index contributed by atoms with van der Waals surface area (Å²) in [5, 5.41) is 2.35. The minimum Gasteiger partial charge on any atom is -0.355 e. The Hall–Kier alpha value is -1.47. The fourth-order valence-corrected chi connectivity index (χ4v) is 1.92. The molecule has 1 amide bonds. The Labute approximate surface area is 92.7 Å². The highest BCUT2D eigenvalue weighted by atomic mass is 32.2. The van der Waals surface area contributed by atoms with E-state index in [0.29, 0.717) is 12.0 Å². The van der Waals surface area contributed by atoms with Crippen LogP contribution in [0.3, 0.4) is 0 Å². The van der Waals surface area contributed by atoms with Crippen LogP contribution >= 0.6 is 0 Å². The molecular formula is C9H11FN2O3S. The van der Waals surface area contributed by atoms with Crippen molar-refractivity contribution in [2.45, 2.75) is 11.4 Å². The Morgan fingerprint density at radius 3 is 2.62 bits per heavy atom. The van der Waals surface area contributed by atoms with Crippen molar-refractivity contribution in [2.75, 3.05) is 7.05 Å². The van der Waals surface area contributed by atoms with Crippen molar-refractivity contribution >= 4 is 16.4 Å². The highest BCUT2D eigenvalue weighted by Crippen LogP contribution is 2.15. The van der Waals surface area contributed by atoms with E-state index in [2.05, 4.69) is 5.32 Å². The maximum absolute atomic E-state index is 13.4. The molecule has 0 aliphatic rings. The van der Waals surface area contributed by atoms with Crippen molar-refractivity contribution in [3.63, 3.8) is 0 Å². The van der Waals surface area contributed by atoms with Crippen LogP contribution in [0.25, 0.3) is 0 Å². The van der Waals surface area contributed by atoms with Crippen molar-refractivity contribution in [1.82, 2.24) is 10.0 Å². The summed E-state index contributed by atoms with van der Waals surface area (Å²) in [4.78, 5) is 9.61. The van der Waals surface area contributed by atoms with Gasteiger partial charge in [-0.2, -0.15) is 0 Å². The van der Waals surface area contributed by atoms with Gasteiger partial charge in [-0.1, -0.05) is 6.07 Å². The Bertz CT molecular complexity index is 488. The molecule has 0 saturated heterocycles. The fourth-order valence-electron chi connectivity index (χ4n) is 1.14. The highest BCUT2D eigenvalue weighted by Gasteiger charge is 2.16. The molecular weight excluding hydrogens is 235 g/mol. The topological polar surface area (TPSA) is 75.3 Å². The van der Waals surface area contributed by atoms with Gasteiger partial charge in [0.05, 0.1) is 0 Å². The van der Waals surface area contributed by atoms with Crippen molar-refractivity contribution in [1.29, 1.82) is 0 Å². The lowest BCUT2D eigenvalue weighted by Gasteiger charge is -2.06. The van der Waals surface area contributed by atoms with E-state index >= 15 is 0 Å². The number of rotatable bonds is 5. The molecule has 1 rings (SSSR count). The van der Waals surface area contributed by atoms with E-state index in [1.807, 2.05) is 4.72 Å². The zero-order valence-corrected chi connectivity index (χ0v) is 9.34. The number of benzene rings is 1. The van der Waals surface area contributed by atoms with Gasteiger partial charge in [-0.3, -0.25) is 4.79 Å². The fraction of sp³-hybridized carbons (Fsp3) is 0.222. The van der Waals surface area contributed by atoms with E-state index in [9.17, 15) is 17.6 Å². The molecule has 0 saturated carbocycles. The predicted octanol–water partition coefficient (Wildman–Crippen LogP) is -0.0202.